The summed E-state index contributed by atoms with van der Waals surface area (Å²) in [5.74, 6) is -0.697. The second kappa shape index (κ2) is 5.48. The topological polar surface area (TPSA) is 69.6 Å². The van der Waals surface area contributed by atoms with Gasteiger partial charge in [0.1, 0.15) is 6.54 Å². The third-order valence-electron chi connectivity index (χ3n) is 3.00. The van der Waals surface area contributed by atoms with Gasteiger partial charge in [-0.25, -0.2) is 0 Å². The molecule has 0 aromatic carbocycles. The zero-order chi connectivity index (χ0) is 14.7. The van der Waals surface area contributed by atoms with Gasteiger partial charge in [-0.2, -0.15) is 13.2 Å². The Balaban J connectivity index is 3.04. The van der Waals surface area contributed by atoms with Crippen LogP contribution >= 0.6 is 0 Å². The Kier molecular flexibility index (Phi) is 4.42. The van der Waals surface area contributed by atoms with Crippen molar-refractivity contribution in [2.75, 3.05) is 26.2 Å². The van der Waals surface area contributed by atoms with Gasteiger partial charge in [0.15, 0.2) is 5.41 Å². The van der Waals surface area contributed by atoms with Gasteiger partial charge in [-0.1, -0.05) is 5.92 Å². The number of terminal acetylenes is 1. The molecule has 1 amide bonds. The minimum Gasteiger partial charge on any atom is -0.480 e. The van der Waals surface area contributed by atoms with Gasteiger partial charge < -0.3 is 15.3 Å². The molecule has 0 aromatic rings. The lowest BCUT2D eigenvalue weighted by Crippen LogP contribution is -2.54. The summed E-state index contributed by atoms with van der Waals surface area (Å²) in [7, 11) is 0. The number of alkyl halides is 3. The number of hydrogen-bond acceptors (Lipinski definition) is 3. The van der Waals surface area contributed by atoms with E-state index >= 15 is 0 Å². The van der Waals surface area contributed by atoms with Crippen molar-refractivity contribution in [1.29, 1.82) is 0 Å². The van der Waals surface area contributed by atoms with Crippen LogP contribution in [0.25, 0.3) is 0 Å². The van der Waals surface area contributed by atoms with Crippen molar-refractivity contribution in [2.45, 2.75) is 12.6 Å². The van der Waals surface area contributed by atoms with E-state index in [-0.39, 0.29) is 6.54 Å². The van der Waals surface area contributed by atoms with Crippen molar-refractivity contribution < 1.29 is 27.9 Å². The largest absolute Gasteiger partial charge is 0.480 e. The van der Waals surface area contributed by atoms with E-state index in [1.807, 2.05) is 5.92 Å². The molecule has 5 nitrogen and oxygen atoms in total. The molecule has 2 N–H and O–H groups in total. The Hall–Kier alpha value is -1.75. The molecular formula is C11H13F3N2O3. The molecule has 0 spiro atoms. The van der Waals surface area contributed by atoms with E-state index in [9.17, 15) is 22.8 Å². The average Bonchev–Trinajstić information content (AvgIpc) is 2.76. The Morgan fingerprint density at radius 2 is 2.11 bits per heavy atom. The van der Waals surface area contributed by atoms with Crippen molar-refractivity contribution in [2.24, 2.45) is 5.41 Å². The zero-order valence-corrected chi connectivity index (χ0v) is 9.96. The van der Waals surface area contributed by atoms with E-state index < -0.39 is 49.5 Å². The molecule has 1 atom stereocenters. The molecule has 0 aromatic heterocycles. The molecule has 0 saturated carbocycles. The van der Waals surface area contributed by atoms with Crippen molar-refractivity contribution in [3.63, 3.8) is 0 Å². The van der Waals surface area contributed by atoms with E-state index in [2.05, 4.69) is 5.32 Å². The molecule has 1 saturated heterocycles. The molecule has 19 heavy (non-hydrogen) atoms. The second-order valence-electron chi connectivity index (χ2n) is 4.27. The molecule has 1 fully saturated rings. The molecule has 1 heterocycles. The molecular weight excluding hydrogens is 265 g/mol. The number of rotatable bonds is 4. The SMILES string of the molecule is C#CCN(CC(=O)O)C(=O)C1(C(F)(F)F)CCNC1. The molecule has 0 radical (unpaired) electrons. The smallest absolute Gasteiger partial charge is 0.404 e. The van der Waals surface area contributed by atoms with Crippen LogP contribution in [0.3, 0.4) is 0 Å². The van der Waals surface area contributed by atoms with Gasteiger partial charge >= 0.3 is 12.1 Å². The first-order valence-corrected chi connectivity index (χ1v) is 5.46. The normalized spacial score (nSPS) is 22.8. The first kappa shape index (κ1) is 15.3. The van der Waals surface area contributed by atoms with Crippen LogP contribution < -0.4 is 5.32 Å². The molecule has 0 aliphatic carbocycles. The van der Waals surface area contributed by atoms with Gasteiger partial charge in [0, 0.05) is 6.54 Å². The number of nitrogens with one attached hydrogen (secondary N) is 1. The molecule has 8 heteroatoms. The van der Waals surface area contributed by atoms with Gasteiger partial charge in [0.05, 0.1) is 6.54 Å². The van der Waals surface area contributed by atoms with Crippen LogP contribution in [0.5, 0.6) is 0 Å². The van der Waals surface area contributed by atoms with Gasteiger partial charge in [-0.05, 0) is 13.0 Å². The van der Waals surface area contributed by atoms with E-state index in [0.29, 0.717) is 4.90 Å². The van der Waals surface area contributed by atoms with Crippen molar-refractivity contribution in [3.8, 4) is 12.3 Å². The number of hydrogen-bond donors (Lipinski definition) is 2. The van der Waals surface area contributed by atoms with Crippen LogP contribution in [0.15, 0.2) is 0 Å². The predicted octanol–water partition coefficient (Wildman–Crippen LogP) is 0.0748. The fourth-order valence-corrected chi connectivity index (χ4v) is 2.01. The highest BCUT2D eigenvalue weighted by Crippen LogP contribution is 2.44. The highest BCUT2D eigenvalue weighted by molar-refractivity contribution is 5.87. The lowest BCUT2D eigenvalue weighted by molar-refractivity contribution is -0.221. The third-order valence-corrected chi connectivity index (χ3v) is 3.00. The number of aliphatic carboxylic acids is 1. The van der Waals surface area contributed by atoms with E-state index in [1.54, 1.807) is 0 Å². The van der Waals surface area contributed by atoms with Gasteiger partial charge in [0.25, 0.3) is 0 Å². The molecule has 1 unspecified atom stereocenters. The Morgan fingerprint density at radius 1 is 1.47 bits per heavy atom. The quantitative estimate of drug-likeness (QED) is 0.714. The Bertz CT molecular complexity index is 408. The minimum atomic E-state index is -4.75. The van der Waals surface area contributed by atoms with Crippen LogP contribution in [0.2, 0.25) is 0 Å². The average molecular weight is 278 g/mol. The third kappa shape index (κ3) is 2.98. The highest BCUT2D eigenvalue weighted by Gasteiger charge is 2.62. The zero-order valence-electron chi connectivity index (χ0n) is 9.96. The van der Waals surface area contributed by atoms with Crippen LogP contribution in [-0.4, -0.2) is 54.2 Å². The summed E-state index contributed by atoms with van der Waals surface area (Å²) in [5, 5.41) is 11.1. The maximum atomic E-state index is 13.1. The molecule has 106 valence electrons. The highest BCUT2D eigenvalue weighted by atomic mass is 19.4. The first-order chi connectivity index (χ1) is 8.74. The second-order valence-corrected chi connectivity index (χ2v) is 4.27. The molecule has 1 rings (SSSR count). The fourth-order valence-electron chi connectivity index (χ4n) is 2.01. The van der Waals surface area contributed by atoms with Crippen LogP contribution in [0.4, 0.5) is 13.2 Å². The summed E-state index contributed by atoms with van der Waals surface area (Å²) in [6.07, 6.45) is -0.212. The number of carbonyl (C=O) groups is 2. The summed E-state index contributed by atoms with van der Waals surface area (Å²) in [5.41, 5.74) is -2.58. The Labute approximate surface area is 107 Å². The maximum absolute atomic E-state index is 13.1. The number of carboxylic acid groups (broad SMARTS) is 1. The van der Waals surface area contributed by atoms with Gasteiger partial charge in [-0.3, -0.25) is 9.59 Å². The van der Waals surface area contributed by atoms with E-state index in [1.165, 1.54) is 0 Å². The van der Waals surface area contributed by atoms with E-state index in [0.717, 1.165) is 0 Å². The summed E-state index contributed by atoms with van der Waals surface area (Å²) in [6.45, 7) is -1.83. The van der Waals surface area contributed by atoms with Crippen molar-refractivity contribution >= 4 is 11.9 Å². The van der Waals surface area contributed by atoms with Crippen LogP contribution in [0.1, 0.15) is 6.42 Å². The Morgan fingerprint density at radius 3 is 2.47 bits per heavy atom. The minimum absolute atomic E-state index is 0.0439. The number of amides is 1. The summed E-state index contributed by atoms with van der Waals surface area (Å²) in [4.78, 5) is 23.2. The van der Waals surface area contributed by atoms with Gasteiger partial charge in [0.2, 0.25) is 5.91 Å². The summed E-state index contributed by atoms with van der Waals surface area (Å²) in [6, 6.07) is 0. The van der Waals surface area contributed by atoms with Crippen LogP contribution in [-0.2, 0) is 9.59 Å². The molecule has 1 aliphatic heterocycles. The molecule has 0 bridgehead atoms. The maximum Gasteiger partial charge on any atom is 0.404 e. The fraction of sp³-hybridized carbons (Fsp3) is 0.636. The standard InChI is InChI=1S/C11H13F3N2O3/c1-2-5-16(6-8(17)18)9(19)10(11(12,13)14)3-4-15-7-10/h1,15H,3-7H2,(H,17,18). The summed E-state index contributed by atoms with van der Waals surface area (Å²) < 4.78 is 39.4. The lowest BCUT2D eigenvalue weighted by atomic mass is 9.84. The van der Waals surface area contributed by atoms with Gasteiger partial charge in [-0.15, -0.1) is 6.42 Å². The van der Waals surface area contributed by atoms with Crippen molar-refractivity contribution in [3.05, 3.63) is 0 Å². The first-order valence-electron chi connectivity index (χ1n) is 5.46. The van der Waals surface area contributed by atoms with Crippen LogP contribution in [0, 0.1) is 17.8 Å². The number of nitrogens with zero attached hydrogens (tertiary/aromatic N) is 1. The summed E-state index contributed by atoms with van der Waals surface area (Å²) >= 11 is 0. The van der Waals surface area contributed by atoms with Crippen molar-refractivity contribution in [1.82, 2.24) is 10.2 Å². The number of carbonyl (C=O) groups excluding carboxylic acids is 1. The van der Waals surface area contributed by atoms with E-state index in [4.69, 9.17) is 11.5 Å². The lowest BCUT2D eigenvalue weighted by Gasteiger charge is -2.33. The molecule has 1 aliphatic rings. The predicted molar refractivity (Wildman–Crippen MR) is 59.0 cm³/mol. The monoisotopic (exact) mass is 278 g/mol. The number of halogens is 3. The number of carboxylic acids is 1.